The van der Waals surface area contributed by atoms with Gasteiger partial charge in [-0.2, -0.15) is 0 Å². The van der Waals surface area contributed by atoms with Crippen LogP contribution in [0.5, 0.6) is 0 Å². The Balaban J connectivity index is 1.77. The average molecular weight is 285 g/mol. The minimum absolute atomic E-state index is 0.0353. The van der Waals surface area contributed by atoms with Crippen LogP contribution < -0.4 is 0 Å². The van der Waals surface area contributed by atoms with E-state index in [1.165, 1.54) is 0 Å². The van der Waals surface area contributed by atoms with Gasteiger partial charge in [0.15, 0.2) is 0 Å². The highest BCUT2D eigenvalue weighted by molar-refractivity contribution is 5.92. The minimum Gasteiger partial charge on any atom is -0.376 e. The summed E-state index contributed by atoms with van der Waals surface area (Å²) in [6.07, 6.45) is 5.54. The number of para-hydroxylation sites is 1. The van der Waals surface area contributed by atoms with Crippen LogP contribution in [0.3, 0.4) is 0 Å². The van der Waals surface area contributed by atoms with E-state index in [1.54, 1.807) is 17.4 Å². The SMILES string of the molecule is CN(C[C@H]1CCCO1)C(=O)c1cncn1-c1ccccc1. The van der Waals surface area contributed by atoms with Crippen molar-refractivity contribution in [3.63, 3.8) is 0 Å². The van der Waals surface area contributed by atoms with Gasteiger partial charge in [0.25, 0.3) is 5.91 Å². The molecule has 1 aliphatic heterocycles. The highest BCUT2D eigenvalue weighted by atomic mass is 16.5. The maximum atomic E-state index is 12.6. The molecule has 110 valence electrons. The van der Waals surface area contributed by atoms with Gasteiger partial charge >= 0.3 is 0 Å². The molecule has 0 saturated carbocycles. The van der Waals surface area contributed by atoms with Crippen LogP contribution in [0.25, 0.3) is 5.69 Å². The molecule has 1 aromatic heterocycles. The third-order valence-electron chi connectivity index (χ3n) is 3.74. The molecule has 0 N–H and O–H groups in total. The number of imidazole rings is 1. The first-order valence-corrected chi connectivity index (χ1v) is 7.20. The van der Waals surface area contributed by atoms with Crippen molar-refractivity contribution < 1.29 is 9.53 Å². The summed E-state index contributed by atoms with van der Waals surface area (Å²) in [5, 5.41) is 0. The number of hydrogen-bond acceptors (Lipinski definition) is 3. The second-order valence-corrected chi connectivity index (χ2v) is 5.31. The van der Waals surface area contributed by atoms with E-state index in [2.05, 4.69) is 4.98 Å². The number of rotatable bonds is 4. The van der Waals surface area contributed by atoms with Crippen molar-refractivity contribution in [2.24, 2.45) is 0 Å². The normalized spacial score (nSPS) is 17.9. The molecule has 5 heteroatoms. The summed E-state index contributed by atoms with van der Waals surface area (Å²) in [4.78, 5) is 18.4. The minimum atomic E-state index is -0.0353. The van der Waals surface area contributed by atoms with E-state index < -0.39 is 0 Å². The smallest absolute Gasteiger partial charge is 0.272 e. The second kappa shape index (κ2) is 6.10. The number of hydrogen-bond donors (Lipinski definition) is 0. The Morgan fingerprint density at radius 3 is 2.95 bits per heavy atom. The summed E-state index contributed by atoms with van der Waals surface area (Å²) in [5.74, 6) is -0.0353. The Bertz CT molecular complexity index is 603. The summed E-state index contributed by atoms with van der Waals surface area (Å²) >= 11 is 0. The highest BCUT2D eigenvalue weighted by Gasteiger charge is 2.22. The summed E-state index contributed by atoms with van der Waals surface area (Å²) in [6.45, 7) is 1.42. The molecular weight excluding hydrogens is 266 g/mol. The number of aromatic nitrogens is 2. The maximum Gasteiger partial charge on any atom is 0.272 e. The van der Waals surface area contributed by atoms with E-state index in [-0.39, 0.29) is 12.0 Å². The van der Waals surface area contributed by atoms with Crippen LogP contribution in [0.15, 0.2) is 42.9 Å². The fourth-order valence-corrected chi connectivity index (χ4v) is 2.62. The first-order valence-electron chi connectivity index (χ1n) is 7.20. The van der Waals surface area contributed by atoms with Gasteiger partial charge in [-0.05, 0) is 25.0 Å². The topological polar surface area (TPSA) is 47.4 Å². The number of carbonyl (C=O) groups is 1. The molecular formula is C16H19N3O2. The Kier molecular flexibility index (Phi) is 4.01. The first kappa shape index (κ1) is 13.8. The molecule has 21 heavy (non-hydrogen) atoms. The van der Waals surface area contributed by atoms with Crippen molar-refractivity contribution in [2.75, 3.05) is 20.2 Å². The van der Waals surface area contributed by atoms with Gasteiger partial charge in [0, 0.05) is 25.9 Å². The number of likely N-dealkylation sites (N-methyl/N-ethyl adjacent to an activating group) is 1. The fourth-order valence-electron chi connectivity index (χ4n) is 2.62. The lowest BCUT2D eigenvalue weighted by Gasteiger charge is -2.21. The number of ether oxygens (including phenoxy) is 1. The predicted molar refractivity (Wildman–Crippen MR) is 79.5 cm³/mol. The Labute approximate surface area is 124 Å². The van der Waals surface area contributed by atoms with E-state index in [0.717, 1.165) is 25.1 Å². The van der Waals surface area contributed by atoms with Crippen molar-refractivity contribution in [1.29, 1.82) is 0 Å². The van der Waals surface area contributed by atoms with Crippen LogP contribution >= 0.6 is 0 Å². The lowest BCUT2D eigenvalue weighted by Crippen LogP contribution is -2.35. The monoisotopic (exact) mass is 285 g/mol. The van der Waals surface area contributed by atoms with Crippen LogP contribution in [0.1, 0.15) is 23.3 Å². The number of amides is 1. The zero-order valence-electron chi connectivity index (χ0n) is 12.1. The molecule has 0 spiro atoms. The molecule has 0 aliphatic carbocycles. The molecule has 5 nitrogen and oxygen atoms in total. The summed E-state index contributed by atoms with van der Waals surface area (Å²) in [7, 11) is 1.81. The molecule has 1 aromatic carbocycles. The summed E-state index contributed by atoms with van der Waals surface area (Å²) in [5.41, 5.74) is 1.51. The summed E-state index contributed by atoms with van der Waals surface area (Å²) < 4.78 is 7.40. The number of benzene rings is 1. The van der Waals surface area contributed by atoms with Crippen molar-refractivity contribution >= 4 is 5.91 Å². The van der Waals surface area contributed by atoms with Crippen LogP contribution in [0.4, 0.5) is 0 Å². The van der Waals surface area contributed by atoms with Gasteiger partial charge in [-0.15, -0.1) is 0 Å². The molecule has 2 heterocycles. The van der Waals surface area contributed by atoms with Crippen LogP contribution in [0, 0.1) is 0 Å². The van der Waals surface area contributed by atoms with Gasteiger partial charge in [0.2, 0.25) is 0 Å². The van der Waals surface area contributed by atoms with Gasteiger partial charge in [-0.3, -0.25) is 9.36 Å². The summed E-state index contributed by atoms with van der Waals surface area (Å²) in [6, 6.07) is 9.75. The highest BCUT2D eigenvalue weighted by Crippen LogP contribution is 2.16. The number of nitrogens with zero attached hydrogens (tertiary/aromatic N) is 3. The van der Waals surface area contributed by atoms with Gasteiger partial charge in [0.05, 0.1) is 18.6 Å². The van der Waals surface area contributed by atoms with Crippen LogP contribution in [0.2, 0.25) is 0 Å². The van der Waals surface area contributed by atoms with Crippen molar-refractivity contribution in [1.82, 2.24) is 14.5 Å². The zero-order chi connectivity index (χ0) is 14.7. The molecule has 1 atom stereocenters. The molecule has 2 aromatic rings. The van der Waals surface area contributed by atoms with Gasteiger partial charge < -0.3 is 9.64 Å². The van der Waals surface area contributed by atoms with E-state index in [0.29, 0.717) is 12.2 Å². The molecule has 3 rings (SSSR count). The second-order valence-electron chi connectivity index (χ2n) is 5.31. The van der Waals surface area contributed by atoms with Crippen molar-refractivity contribution in [3.8, 4) is 5.69 Å². The molecule has 0 unspecified atom stereocenters. The van der Waals surface area contributed by atoms with Crippen LogP contribution in [-0.2, 0) is 4.74 Å². The van der Waals surface area contributed by atoms with Crippen LogP contribution in [-0.4, -0.2) is 46.7 Å². The van der Waals surface area contributed by atoms with E-state index in [4.69, 9.17) is 4.74 Å². The predicted octanol–water partition coefficient (Wildman–Crippen LogP) is 2.12. The van der Waals surface area contributed by atoms with Crippen molar-refractivity contribution in [2.45, 2.75) is 18.9 Å². The molecule has 0 bridgehead atoms. The Morgan fingerprint density at radius 1 is 1.43 bits per heavy atom. The zero-order valence-corrected chi connectivity index (χ0v) is 12.1. The molecule has 1 aliphatic rings. The lowest BCUT2D eigenvalue weighted by atomic mass is 10.2. The van der Waals surface area contributed by atoms with Gasteiger partial charge in [-0.1, -0.05) is 18.2 Å². The van der Waals surface area contributed by atoms with E-state index in [9.17, 15) is 4.79 Å². The molecule has 1 fully saturated rings. The lowest BCUT2D eigenvalue weighted by molar-refractivity contribution is 0.0581. The van der Waals surface area contributed by atoms with Crippen molar-refractivity contribution in [3.05, 3.63) is 48.5 Å². The molecule has 1 saturated heterocycles. The van der Waals surface area contributed by atoms with Gasteiger partial charge in [-0.25, -0.2) is 4.98 Å². The third-order valence-corrected chi connectivity index (χ3v) is 3.74. The maximum absolute atomic E-state index is 12.6. The first-order chi connectivity index (χ1) is 10.3. The molecule has 1 amide bonds. The quantitative estimate of drug-likeness (QED) is 0.864. The number of carbonyl (C=O) groups excluding carboxylic acids is 1. The van der Waals surface area contributed by atoms with E-state index >= 15 is 0 Å². The van der Waals surface area contributed by atoms with Gasteiger partial charge in [0.1, 0.15) is 5.69 Å². The van der Waals surface area contributed by atoms with E-state index in [1.807, 2.05) is 41.9 Å². The Hall–Kier alpha value is -2.14. The fraction of sp³-hybridized carbons (Fsp3) is 0.375. The molecule has 0 radical (unpaired) electrons. The Morgan fingerprint density at radius 2 is 2.24 bits per heavy atom. The average Bonchev–Trinajstić information content (AvgIpc) is 3.18. The standard InChI is InChI=1S/C16H19N3O2/c1-18(11-14-8-5-9-21-14)16(20)15-10-17-12-19(15)13-6-3-2-4-7-13/h2-4,6-7,10,12,14H,5,8-9,11H2,1H3/t14-/m1/s1. The largest absolute Gasteiger partial charge is 0.376 e. The third kappa shape index (κ3) is 2.97.